The van der Waals surface area contributed by atoms with Crippen molar-refractivity contribution in [3.8, 4) is 0 Å². The van der Waals surface area contributed by atoms with Crippen LogP contribution in [-0.2, 0) is 20.3 Å². The number of nitrogens with one attached hydrogen (secondary N) is 1. The molecule has 0 aliphatic heterocycles. The third-order valence-corrected chi connectivity index (χ3v) is 3.71. The Hall–Kier alpha value is -1.44. The molecule has 104 valence electrons. The maximum Gasteiger partial charge on any atom is 0.197 e. The van der Waals surface area contributed by atoms with Crippen LogP contribution in [0.1, 0.15) is 0 Å². The third kappa shape index (κ3) is 3.76. The highest BCUT2D eigenvalue weighted by Crippen LogP contribution is 2.16. The summed E-state index contributed by atoms with van der Waals surface area (Å²) >= 11 is 0. The van der Waals surface area contributed by atoms with Crippen LogP contribution < -0.4 is 5.73 Å². The Morgan fingerprint density at radius 3 is 3.00 bits per heavy atom. The number of nitrogens with two attached hydrogens (primary N) is 1. The van der Waals surface area contributed by atoms with Crippen LogP contribution in [0.3, 0.4) is 0 Å². The smallest absolute Gasteiger partial charge is 0.197 e. The summed E-state index contributed by atoms with van der Waals surface area (Å²) in [6.07, 6.45) is 0. The van der Waals surface area contributed by atoms with Crippen molar-refractivity contribution in [1.29, 1.82) is 0 Å². The van der Waals surface area contributed by atoms with E-state index in [9.17, 15) is 4.21 Å². The summed E-state index contributed by atoms with van der Waals surface area (Å²) in [7, 11) is 0.411. The molecule has 7 heteroatoms. The molecule has 1 atom stereocenters. The number of hydrogen-bond donors (Lipinski definition) is 2. The van der Waals surface area contributed by atoms with Crippen molar-refractivity contribution in [1.82, 2.24) is 9.97 Å². The third-order valence-electron chi connectivity index (χ3n) is 2.54. The van der Waals surface area contributed by atoms with Gasteiger partial charge in [0.05, 0.1) is 47.4 Å². The number of aromatic nitrogens is 2. The number of benzene rings is 1. The Labute approximate surface area is 113 Å². The summed E-state index contributed by atoms with van der Waals surface area (Å²) < 4.78 is 22.1. The van der Waals surface area contributed by atoms with Crippen LogP contribution in [0.4, 0.5) is 5.69 Å². The zero-order valence-corrected chi connectivity index (χ0v) is 11.5. The van der Waals surface area contributed by atoms with E-state index in [4.69, 9.17) is 15.2 Å². The highest BCUT2D eigenvalue weighted by Gasteiger charge is 2.09. The Balaban J connectivity index is 1.94. The molecule has 3 N–H and O–H groups in total. The molecule has 0 aliphatic carbocycles. The average Bonchev–Trinajstić information content (AvgIpc) is 2.81. The zero-order chi connectivity index (χ0) is 13.7. The summed E-state index contributed by atoms with van der Waals surface area (Å²) in [6.45, 7) is 1.45. The maximum atomic E-state index is 12.0. The first-order valence-corrected chi connectivity index (χ1v) is 7.23. The molecule has 0 spiro atoms. The van der Waals surface area contributed by atoms with E-state index in [-0.39, 0.29) is 0 Å². The fraction of sp³-hybridized carbons (Fsp3) is 0.417. The van der Waals surface area contributed by atoms with Gasteiger partial charge in [0, 0.05) is 12.8 Å². The number of methoxy groups -OCH3 is 1. The summed E-state index contributed by atoms with van der Waals surface area (Å²) in [5.74, 6) is 0.402. The van der Waals surface area contributed by atoms with Crippen LogP contribution in [0.15, 0.2) is 23.4 Å². The minimum atomic E-state index is -1.20. The lowest BCUT2D eigenvalue weighted by Crippen LogP contribution is -2.10. The quantitative estimate of drug-likeness (QED) is 0.582. The number of hydrogen-bond acceptors (Lipinski definition) is 5. The van der Waals surface area contributed by atoms with E-state index in [1.165, 1.54) is 0 Å². The van der Waals surface area contributed by atoms with Gasteiger partial charge < -0.3 is 20.2 Å². The van der Waals surface area contributed by atoms with Crippen LogP contribution in [0.5, 0.6) is 0 Å². The number of ether oxygens (including phenoxy) is 2. The molecular weight excluding hydrogens is 266 g/mol. The van der Waals surface area contributed by atoms with E-state index in [1.54, 1.807) is 25.3 Å². The van der Waals surface area contributed by atoms with Crippen LogP contribution in [0.25, 0.3) is 11.0 Å². The van der Waals surface area contributed by atoms with E-state index >= 15 is 0 Å². The fourth-order valence-electron chi connectivity index (χ4n) is 1.59. The first-order chi connectivity index (χ1) is 9.20. The number of fused-ring (bicyclic) bond motifs is 1. The van der Waals surface area contributed by atoms with Crippen molar-refractivity contribution in [2.75, 3.05) is 38.4 Å². The van der Waals surface area contributed by atoms with E-state index < -0.39 is 10.8 Å². The summed E-state index contributed by atoms with van der Waals surface area (Å²) in [5.41, 5.74) is 7.89. The lowest BCUT2D eigenvalue weighted by Gasteiger charge is -2.01. The Morgan fingerprint density at radius 1 is 1.37 bits per heavy atom. The molecule has 6 nitrogen and oxygen atoms in total. The van der Waals surface area contributed by atoms with E-state index in [1.807, 2.05) is 0 Å². The monoisotopic (exact) mass is 283 g/mol. The molecule has 0 radical (unpaired) electrons. The zero-order valence-electron chi connectivity index (χ0n) is 10.7. The van der Waals surface area contributed by atoms with Gasteiger partial charge in [0.1, 0.15) is 0 Å². The Kier molecular flexibility index (Phi) is 4.89. The summed E-state index contributed by atoms with van der Waals surface area (Å²) in [6, 6.07) is 5.35. The highest BCUT2D eigenvalue weighted by molar-refractivity contribution is 7.84. The number of imidazole rings is 1. The predicted octanol–water partition coefficient (Wildman–Crippen LogP) is 0.916. The number of H-pyrrole nitrogens is 1. The number of rotatable bonds is 7. The second-order valence-corrected chi connectivity index (χ2v) is 5.46. The number of aromatic amines is 1. The molecule has 0 aliphatic rings. The van der Waals surface area contributed by atoms with Crippen LogP contribution in [0.2, 0.25) is 0 Å². The largest absolute Gasteiger partial charge is 0.399 e. The summed E-state index contributed by atoms with van der Waals surface area (Å²) in [5, 5.41) is 0.455. The van der Waals surface area contributed by atoms with Gasteiger partial charge in [-0.15, -0.1) is 0 Å². The van der Waals surface area contributed by atoms with Gasteiger partial charge in [-0.1, -0.05) is 0 Å². The predicted molar refractivity (Wildman–Crippen MR) is 74.5 cm³/mol. The van der Waals surface area contributed by atoms with E-state index in [0.29, 0.717) is 36.4 Å². The van der Waals surface area contributed by atoms with Gasteiger partial charge in [-0.05, 0) is 18.2 Å². The van der Waals surface area contributed by atoms with Crippen LogP contribution in [0, 0.1) is 0 Å². The van der Waals surface area contributed by atoms with Gasteiger partial charge in [0.15, 0.2) is 5.16 Å². The lowest BCUT2D eigenvalue weighted by molar-refractivity contribution is 0.0787. The van der Waals surface area contributed by atoms with Gasteiger partial charge in [0.2, 0.25) is 0 Å². The molecule has 0 saturated heterocycles. The van der Waals surface area contributed by atoms with Gasteiger partial charge in [0.25, 0.3) is 0 Å². The molecule has 0 saturated carbocycles. The molecule has 1 aromatic carbocycles. The molecule has 0 fully saturated rings. The Bertz CT molecular complexity index is 570. The van der Waals surface area contributed by atoms with Gasteiger partial charge in [-0.2, -0.15) is 0 Å². The molecule has 0 amide bonds. The lowest BCUT2D eigenvalue weighted by atomic mass is 10.3. The topological polar surface area (TPSA) is 90.2 Å². The van der Waals surface area contributed by atoms with Crippen molar-refractivity contribution in [2.24, 2.45) is 0 Å². The number of nitrogen functional groups attached to an aromatic ring is 1. The first-order valence-electron chi connectivity index (χ1n) is 5.91. The minimum Gasteiger partial charge on any atom is -0.399 e. The maximum absolute atomic E-state index is 12.0. The molecule has 2 aromatic rings. The molecule has 1 aromatic heterocycles. The van der Waals surface area contributed by atoms with Crippen molar-refractivity contribution < 1.29 is 13.7 Å². The fourth-order valence-corrected chi connectivity index (χ4v) is 2.47. The average molecular weight is 283 g/mol. The van der Waals surface area contributed by atoms with Crippen LogP contribution in [-0.4, -0.2) is 46.9 Å². The standard InChI is InChI=1S/C12H17N3O3S/c1-17-4-5-18-6-7-19(16)12-14-10-3-2-9(13)8-11(10)15-12/h2-3,8H,4-7,13H2,1H3,(H,14,15). The van der Waals surface area contributed by atoms with E-state index in [2.05, 4.69) is 9.97 Å². The normalized spacial score (nSPS) is 12.9. The first kappa shape index (κ1) is 14.0. The van der Waals surface area contributed by atoms with Gasteiger partial charge in [-0.25, -0.2) is 4.98 Å². The van der Waals surface area contributed by atoms with Crippen molar-refractivity contribution in [3.63, 3.8) is 0 Å². The molecule has 19 heavy (non-hydrogen) atoms. The van der Waals surface area contributed by atoms with Crippen molar-refractivity contribution in [3.05, 3.63) is 18.2 Å². The van der Waals surface area contributed by atoms with Gasteiger partial charge in [-0.3, -0.25) is 4.21 Å². The minimum absolute atomic E-state index is 0.402. The van der Waals surface area contributed by atoms with Crippen molar-refractivity contribution >= 4 is 27.5 Å². The summed E-state index contributed by atoms with van der Waals surface area (Å²) in [4.78, 5) is 7.29. The molecular formula is C12H17N3O3S. The second kappa shape index (κ2) is 6.65. The second-order valence-electron chi connectivity index (χ2n) is 3.97. The van der Waals surface area contributed by atoms with Crippen LogP contribution >= 0.6 is 0 Å². The number of nitrogens with zero attached hydrogens (tertiary/aromatic N) is 1. The number of anilines is 1. The molecule has 1 unspecified atom stereocenters. The molecule has 0 bridgehead atoms. The molecule has 1 heterocycles. The Morgan fingerprint density at radius 2 is 2.21 bits per heavy atom. The van der Waals surface area contributed by atoms with Gasteiger partial charge >= 0.3 is 0 Å². The van der Waals surface area contributed by atoms with Crippen molar-refractivity contribution in [2.45, 2.75) is 5.16 Å². The van der Waals surface area contributed by atoms with E-state index in [0.717, 1.165) is 11.0 Å². The SMILES string of the molecule is COCCOCCS(=O)c1nc2ccc(N)cc2[nH]1. The molecule has 2 rings (SSSR count). The highest BCUT2D eigenvalue weighted by atomic mass is 32.2.